The zero-order chi connectivity index (χ0) is 15.1. The molecule has 2 N–H and O–H groups in total. The standard InChI is InChI=1S/C13H16ClNO5/c1-8(6-19-2)15-12(16)7-20-9-3-4-11(14)10(5-9)13(17)18/h3-5,8H,6-7H2,1-2H3,(H,15,16)(H,17,18). The van der Waals surface area contributed by atoms with Crippen LogP contribution in [-0.4, -0.2) is 43.3 Å². The highest BCUT2D eigenvalue weighted by Crippen LogP contribution is 2.22. The van der Waals surface area contributed by atoms with E-state index in [0.717, 1.165) is 0 Å². The molecule has 20 heavy (non-hydrogen) atoms. The SMILES string of the molecule is COCC(C)NC(=O)COc1ccc(Cl)c(C(=O)O)c1. The van der Waals surface area contributed by atoms with Crippen LogP contribution in [0.1, 0.15) is 17.3 Å². The Morgan fingerprint density at radius 2 is 2.15 bits per heavy atom. The number of hydrogen-bond acceptors (Lipinski definition) is 4. The van der Waals surface area contributed by atoms with Gasteiger partial charge in [-0.15, -0.1) is 0 Å². The fourth-order valence-corrected chi connectivity index (χ4v) is 1.71. The average Bonchev–Trinajstić information content (AvgIpc) is 2.37. The number of carboxylic acid groups (broad SMARTS) is 1. The minimum Gasteiger partial charge on any atom is -0.484 e. The second-order valence-corrected chi connectivity index (χ2v) is 4.57. The molecule has 1 rings (SSSR count). The molecule has 0 fully saturated rings. The Hall–Kier alpha value is -1.79. The molecule has 0 aliphatic rings. The van der Waals surface area contributed by atoms with Crippen molar-refractivity contribution in [1.82, 2.24) is 5.32 Å². The van der Waals surface area contributed by atoms with Gasteiger partial charge in [0, 0.05) is 13.2 Å². The molecule has 0 spiro atoms. The van der Waals surface area contributed by atoms with Gasteiger partial charge in [-0.2, -0.15) is 0 Å². The van der Waals surface area contributed by atoms with Crippen LogP contribution in [0.3, 0.4) is 0 Å². The van der Waals surface area contributed by atoms with E-state index in [2.05, 4.69) is 5.32 Å². The van der Waals surface area contributed by atoms with E-state index in [1.165, 1.54) is 18.2 Å². The van der Waals surface area contributed by atoms with Gasteiger partial charge >= 0.3 is 5.97 Å². The third kappa shape index (κ3) is 5.07. The Kier molecular flexibility index (Phi) is 6.27. The molecular formula is C13H16ClNO5. The molecule has 0 saturated carbocycles. The average molecular weight is 302 g/mol. The second-order valence-electron chi connectivity index (χ2n) is 4.16. The highest BCUT2D eigenvalue weighted by Gasteiger charge is 2.12. The van der Waals surface area contributed by atoms with E-state index < -0.39 is 5.97 Å². The highest BCUT2D eigenvalue weighted by atomic mass is 35.5. The number of methoxy groups -OCH3 is 1. The summed E-state index contributed by atoms with van der Waals surface area (Å²) >= 11 is 5.73. The zero-order valence-corrected chi connectivity index (χ0v) is 11.9. The first-order valence-corrected chi connectivity index (χ1v) is 6.25. The molecule has 1 unspecified atom stereocenters. The number of nitrogens with one attached hydrogen (secondary N) is 1. The van der Waals surface area contributed by atoms with Gasteiger partial charge in [-0.25, -0.2) is 4.79 Å². The van der Waals surface area contributed by atoms with Crippen LogP contribution in [0.15, 0.2) is 18.2 Å². The van der Waals surface area contributed by atoms with E-state index in [-0.39, 0.29) is 34.9 Å². The van der Waals surface area contributed by atoms with Crippen LogP contribution >= 0.6 is 11.6 Å². The Labute approximate surface area is 121 Å². The van der Waals surface area contributed by atoms with Crippen molar-refractivity contribution in [3.05, 3.63) is 28.8 Å². The molecule has 0 aliphatic carbocycles. The van der Waals surface area contributed by atoms with Gasteiger partial charge in [-0.1, -0.05) is 11.6 Å². The number of hydrogen-bond donors (Lipinski definition) is 2. The molecule has 1 atom stereocenters. The van der Waals surface area contributed by atoms with Crippen molar-refractivity contribution >= 4 is 23.5 Å². The van der Waals surface area contributed by atoms with Crippen LogP contribution in [-0.2, 0) is 9.53 Å². The molecule has 7 heteroatoms. The molecule has 1 aromatic rings. The third-order valence-electron chi connectivity index (χ3n) is 2.36. The van der Waals surface area contributed by atoms with Crippen molar-refractivity contribution in [2.24, 2.45) is 0 Å². The number of benzene rings is 1. The molecule has 6 nitrogen and oxygen atoms in total. The van der Waals surface area contributed by atoms with Crippen molar-refractivity contribution in [3.63, 3.8) is 0 Å². The van der Waals surface area contributed by atoms with Crippen LogP contribution in [0, 0.1) is 0 Å². The molecule has 0 heterocycles. The largest absolute Gasteiger partial charge is 0.484 e. The number of carbonyl (C=O) groups is 2. The summed E-state index contributed by atoms with van der Waals surface area (Å²) in [5, 5.41) is 11.7. The van der Waals surface area contributed by atoms with Crippen molar-refractivity contribution in [2.75, 3.05) is 20.3 Å². The van der Waals surface area contributed by atoms with E-state index in [1.54, 1.807) is 14.0 Å². The number of rotatable bonds is 7. The van der Waals surface area contributed by atoms with Gasteiger partial charge in [0.25, 0.3) is 5.91 Å². The van der Waals surface area contributed by atoms with Crippen LogP contribution in [0.4, 0.5) is 0 Å². The number of halogens is 1. The maximum Gasteiger partial charge on any atom is 0.337 e. The lowest BCUT2D eigenvalue weighted by Gasteiger charge is -2.13. The van der Waals surface area contributed by atoms with Crippen molar-refractivity contribution < 1.29 is 24.2 Å². The molecule has 0 aromatic heterocycles. The van der Waals surface area contributed by atoms with Crippen molar-refractivity contribution in [3.8, 4) is 5.75 Å². The normalized spacial score (nSPS) is 11.8. The predicted molar refractivity (Wildman–Crippen MR) is 73.4 cm³/mol. The number of aromatic carboxylic acids is 1. The van der Waals surface area contributed by atoms with Crippen LogP contribution < -0.4 is 10.1 Å². The summed E-state index contributed by atoms with van der Waals surface area (Å²) in [6, 6.07) is 4.05. The van der Waals surface area contributed by atoms with Gasteiger partial charge in [-0.05, 0) is 25.1 Å². The van der Waals surface area contributed by atoms with E-state index in [9.17, 15) is 9.59 Å². The predicted octanol–water partition coefficient (Wildman–Crippen LogP) is 1.57. The summed E-state index contributed by atoms with van der Waals surface area (Å²) < 4.78 is 10.1. The molecule has 110 valence electrons. The van der Waals surface area contributed by atoms with Crippen LogP contribution in [0.2, 0.25) is 5.02 Å². The van der Waals surface area contributed by atoms with Crippen LogP contribution in [0.5, 0.6) is 5.75 Å². The van der Waals surface area contributed by atoms with Gasteiger partial charge < -0.3 is 19.9 Å². The lowest BCUT2D eigenvalue weighted by molar-refractivity contribution is -0.124. The highest BCUT2D eigenvalue weighted by molar-refractivity contribution is 6.33. The number of carboxylic acids is 1. The molecule has 0 saturated heterocycles. The molecule has 1 amide bonds. The van der Waals surface area contributed by atoms with Crippen LogP contribution in [0.25, 0.3) is 0 Å². The van der Waals surface area contributed by atoms with E-state index >= 15 is 0 Å². The van der Waals surface area contributed by atoms with Gasteiger partial charge in [0.15, 0.2) is 6.61 Å². The first-order valence-electron chi connectivity index (χ1n) is 5.88. The summed E-state index contributed by atoms with van der Waals surface area (Å²) in [5.41, 5.74) is -0.0719. The maximum atomic E-state index is 11.6. The van der Waals surface area contributed by atoms with Gasteiger partial charge in [0.1, 0.15) is 5.75 Å². The molecule has 1 aromatic carbocycles. The Balaban J connectivity index is 2.55. The molecule has 0 bridgehead atoms. The minimum absolute atomic E-state index is 0.0719. The van der Waals surface area contributed by atoms with E-state index in [4.69, 9.17) is 26.2 Å². The topological polar surface area (TPSA) is 84.9 Å². The van der Waals surface area contributed by atoms with E-state index in [0.29, 0.717) is 6.61 Å². The van der Waals surface area contributed by atoms with Crippen molar-refractivity contribution in [2.45, 2.75) is 13.0 Å². The number of carbonyl (C=O) groups excluding carboxylic acids is 1. The lowest BCUT2D eigenvalue weighted by Crippen LogP contribution is -2.38. The van der Waals surface area contributed by atoms with E-state index in [1.807, 2.05) is 0 Å². The summed E-state index contributed by atoms with van der Waals surface area (Å²) in [7, 11) is 1.54. The number of ether oxygens (including phenoxy) is 2. The molecule has 0 aliphatic heterocycles. The molecule has 0 radical (unpaired) electrons. The monoisotopic (exact) mass is 301 g/mol. The smallest absolute Gasteiger partial charge is 0.337 e. The lowest BCUT2D eigenvalue weighted by atomic mass is 10.2. The van der Waals surface area contributed by atoms with Gasteiger partial charge in [0.05, 0.1) is 17.2 Å². The quantitative estimate of drug-likeness (QED) is 0.798. The van der Waals surface area contributed by atoms with Gasteiger partial charge in [-0.3, -0.25) is 4.79 Å². The first-order chi connectivity index (χ1) is 9.43. The van der Waals surface area contributed by atoms with Gasteiger partial charge in [0.2, 0.25) is 0 Å². The fourth-order valence-electron chi connectivity index (χ4n) is 1.52. The summed E-state index contributed by atoms with van der Waals surface area (Å²) in [6.07, 6.45) is 0. The third-order valence-corrected chi connectivity index (χ3v) is 2.69. The second kappa shape index (κ2) is 7.72. The Morgan fingerprint density at radius 1 is 1.45 bits per heavy atom. The maximum absolute atomic E-state index is 11.6. The zero-order valence-electron chi connectivity index (χ0n) is 11.2. The summed E-state index contributed by atoms with van der Waals surface area (Å²) in [6.45, 7) is 1.98. The Bertz CT molecular complexity index is 492. The Morgan fingerprint density at radius 3 is 2.75 bits per heavy atom. The first kappa shape index (κ1) is 16.3. The fraction of sp³-hybridized carbons (Fsp3) is 0.385. The summed E-state index contributed by atoms with van der Waals surface area (Å²) in [4.78, 5) is 22.4. The minimum atomic E-state index is -1.15. The number of amides is 1. The summed E-state index contributed by atoms with van der Waals surface area (Å²) in [5.74, 6) is -1.21. The van der Waals surface area contributed by atoms with Crippen molar-refractivity contribution in [1.29, 1.82) is 0 Å². The molecular weight excluding hydrogens is 286 g/mol.